The number of sulfone groups is 1. The third-order valence-electron chi connectivity index (χ3n) is 4.54. The van der Waals surface area contributed by atoms with Crippen molar-refractivity contribution in [2.75, 3.05) is 16.9 Å². The molecule has 0 aliphatic heterocycles. The van der Waals surface area contributed by atoms with E-state index in [9.17, 15) is 13.2 Å². The summed E-state index contributed by atoms with van der Waals surface area (Å²) >= 11 is 0. The lowest BCUT2D eigenvalue weighted by atomic mass is 9.91. The van der Waals surface area contributed by atoms with Crippen LogP contribution in [0.2, 0.25) is 0 Å². The van der Waals surface area contributed by atoms with E-state index in [0.29, 0.717) is 11.6 Å². The van der Waals surface area contributed by atoms with Gasteiger partial charge in [0.2, 0.25) is 0 Å². The van der Waals surface area contributed by atoms with Crippen LogP contribution in [0.15, 0.2) is 29.3 Å². The highest BCUT2D eigenvalue weighted by atomic mass is 32.2. The molecule has 1 aliphatic rings. The zero-order chi connectivity index (χ0) is 21.0. The topological polar surface area (TPSA) is 175 Å². The predicted octanol–water partition coefficient (Wildman–Crippen LogP) is 1.16. The van der Waals surface area contributed by atoms with Gasteiger partial charge in [-0.25, -0.2) is 18.2 Å². The number of nitrogens with one attached hydrogen (secondary N) is 2. The smallest absolute Gasteiger partial charge is 0.387 e. The molecule has 2 aromatic rings. The number of nitrogens with zero attached hydrogens (tertiary/aromatic N) is 3. The molecule has 11 nitrogen and oxygen atoms in total. The fourth-order valence-corrected chi connectivity index (χ4v) is 3.61. The van der Waals surface area contributed by atoms with Crippen LogP contribution in [-0.2, 0) is 9.84 Å². The van der Waals surface area contributed by atoms with Gasteiger partial charge in [0.15, 0.2) is 15.7 Å². The second kappa shape index (κ2) is 8.57. The number of carbonyl (C=O) groups is 1. The van der Waals surface area contributed by atoms with Crippen molar-refractivity contribution < 1.29 is 17.9 Å². The molecule has 0 saturated heterocycles. The number of hydrogen-bond donors (Lipinski definition) is 4. The van der Waals surface area contributed by atoms with Gasteiger partial charge < -0.3 is 26.8 Å². The second-order valence-corrected chi connectivity index (χ2v) is 8.86. The quantitative estimate of drug-likeness (QED) is 0.529. The minimum absolute atomic E-state index is 0.00806. The molecule has 156 valence electrons. The van der Waals surface area contributed by atoms with E-state index in [0.717, 1.165) is 31.9 Å². The van der Waals surface area contributed by atoms with Crippen molar-refractivity contribution in [2.24, 2.45) is 11.5 Å². The summed E-state index contributed by atoms with van der Waals surface area (Å²) in [7, 11) is -3.37. The van der Waals surface area contributed by atoms with Crippen LogP contribution in [0.5, 0.6) is 5.88 Å². The largest absolute Gasteiger partial charge is 0.411 e. The number of aromatic nitrogens is 3. The lowest BCUT2D eigenvalue weighted by Crippen LogP contribution is -2.42. The van der Waals surface area contributed by atoms with Crippen molar-refractivity contribution in [3.05, 3.63) is 24.4 Å². The summed E-state index contributed by atoms with van der Waals surface area (Å²) < 4.78 is 28.0. The van der Waals surface area contributed by atoms with Gasteiger partial charge >= 0.3 is 6.09 Å². The van der Waals surface area contributed by atoms with Crippen LogP contribution in [0.1, 0.15) is 25.7 Å². The van der Waals surface area contributed by atoms with Gasteiger partial charge in [-0.05, 0) is 25.0 Å². The number of hydrogen-bond acceptors (Lipinski definition) is 10. The molecule has 2 aromatic heterocycles. The molecule has 0 bridgehead atoms. The molecular formula is C17H23N7O4S. The second-order valence-electron chi connectivity index (χ2n) is 6.84. The number of carbonyl (C=O) groups excluding carboxylic acids is 1. The predicted molar refractivity (Wildman–Crippen MR) is 107 cm³/mol. The Labute approximate surface area is 168 Å². The average Bonchev–Trinajstić information content (AvgIpc) is 2.65. The Kier molecular flexibility index (Phi) is 6.13. The van der Waals surface area contributed by atoms with E-state index < -0.39 is 15.9 Å². The van der Waals surface area contributed by atoms with E-state index in [1.165, 1.54) is 18.3 Å². The average molecular weight is 421 g/mol. The number of anilines is 3. The fraction of sp³-hybridized carbons (Fsp3) is 0.412. The Balaban J connectivity index is 1.84. The van der Waals surface area contributed by atoms with E-state index in [-0.39, 0.29) is 28.5 Å². The zero-order valence-electron chi connectivity index (χ0n) is 15.8. The van der Waals surface area contributed by atoms with Crippen LogP contribution >= 0.6 is 0 Å². The summed E-state index contributed by atoms with van der Waals surface area (Å²) in [5.41, 5.74) is 11.5. The molecule has 0 spiro atoms. The summed E-state index contributed by atoms with van der Waals surface area (Å²) in [6.07, 6.45) is 5.28. The summed E-state index contributed by atoms with van der Waals surface area (Å²) in [5.74, 6) is 0.629. The van der Waals surface area contributed by atoms with Crippen LogP contribution in [0, 0.1) is 0 Å². The monoisotopic (exact) mass is 421 g/mol. The maximum atomic E-state index is 11.6. The molecule has 1 fully saturated rings. The van der Waals surface area contributed by atoms with Gasteiger partial charge in [0.05, 0.1) is 4.90 Å². The normalized spacial score (nSPS) is 19.4. The van der Waals surface area contributed by atoms with Crippen molar-refractivity contribution in [3.63, 3.8) is 0 Å². The minimum atomic E-state index is -3.37. The Bertz CT molecular complexity index is 982. The Morgan fingerprint density at radius 1 is 1.21 bits per heavy atom. The van der Waals surface area contributed by atoms with Crippen molar-refractivity contribution in [3.8, 4) is 5.88 Å². The SMILES string of the molecule is CS(=O)(=O)c1ccc(Nc2cc(N[C@@H]3CCCC[C@@H]3N)nnc2OC(N)=O)nc1. The number of primary amides is 1. The van der Waals surface area contributed by atoms with E-state index in [2.05, 4.69) is 25.8 Å². The molecular weight excluding hydrogens is 398 g/mol. The number of pyridine rings is 1. The van der Waals surface area contributed by atoms with Crippen LogP contribution in [0.3, 0.4) is 0 Å². The molecule has 2 heterocycles. The molecule has 1 aliphatic carbocycles. The molecule has 0 unspecified atom stereocenters. The van der Waals surface area contributed by atoms with Gasteiger partial charge in [0, 0.05) is 30.6 Å². The van der Waals surface area contributed by atoms with E-state index in [1.807, 2.05) is 0 Å². The van der Waals surface area contributed by atoms with E-state index in [4.69, 9.17) is 16.2 Å². The summed E-state index contributed by atoms with van der Waals surface area (Å²) in [6, 6.07) is 4.55. The Morgan fingerprint density at radius 3 is 2.59 bits per heavy atom. The molecule has 0 aromatic carbocycles. The highest BCUT2D eigenvalue weighted by Crippen LogP contribution is 2.28. The molecule has 0 radical (unpaired) electrons. The highest BCUT2D eigenvalue weighted by Gasteiger charge is 2.23. The third-order valence-corrected chi connectivity index (χ3v) is 5.64. The number of ether oxygens (including phenoxy) is 1. The molecule has 1 amide bonds. The van der Waals surface area contributed by atoms with Crippen molar-refractivity contribution in [1.29, 1.82) is 0 Å². The number of amides is 1. The number of nitrogens with two attached hydrogens (primary N) is 2. The first-order chi connectivity index (χ1) is 13.7. The van der Waals surface area contributed by atoms with E-state index >= 15 is 0 Å². The van der Waals surface area contributed by atoms with Crippen LogP contribution < -0.4 is 26.8 Å². The van der Waals surface area contributed by atoms with Gasteiger partial charge in [-0.15, -0.1) is 10.2 Å². The molecule has 3 rings (SSSR count). The Morgan fingerprint density at radius 2 is 1.97 bits per heavy atom. The van der Waals surface area contributed by atoms with Gasteiger partial charge in [-0.1, -0.05) is 12.8 Å². The van der Waals surface area contributed by atoms with E-state index in [1.54, 1.807) is 6.07 Å². The molecule has 2 atom stereocenters. The lowest BCUT2D eigenvalue weighted by molar-refractivity contribution is 0.209. The maximum absolute atomic E-state index is 11.6. The zero-order valence-corrected chi connectivity index (χ0v) is 16.6. The third kappa shape index (κ3) is 5.51. The number of rotatable bonds is 6. The van der Waals surface area contributed by atoms with Crippen molar-refractivity contribution in [1.82, 2.24) is 15.2 Å². The lowest BCUT2D eigenvalue weighted by Gasteiger charge is -2.29. The van der Waals surface area contributed by atoms with Gasteiger partial charge in [-0.2, -0.15) is 0 Å². The summed E-state index contributed by atoms with van der Waals surface area (Å²) in [5, 5.41) is 14.1. The van der Waals surface area contributed by atoms with Crippen LogP contribution in [-0.4, -0.2) is 48.0 Å². The summed E-state index contributed by atoms with van der Waals surface area (Å²) in [4.78, 5) is 15.3. The molecule has 12 heteroatoms. The standard InChI is InChI=1S/C17H23N7O4S/c1-29(26,27)10-6-7-14(20-9-10)22-13-8-15(23-24-16(13)28-17(19)25)21-12-5-3-2-4-11(12)18/h6-9,11-12H,2-5,18H2,1H3,(H2,19,25)(H2,20,21,22,23)/t11-,12+/m0/s1. The van der Waals surface area contributed by atoms with Crippen molar-refractivity contribution >= 4 is 33.3 Å². The maximum Gasteiger partial charge on any atom is 0.411 e. The molecule has 1 saturated carbocycles. The first-order valence-electron chi connectivity index (χ1n) is 9.02. The fourth-order valence-electron chi connectivity index (χ4n) is 3.05. The molecule has 6 N–H and O–H groups in total. The van der Waals surface area contributed by atoms with Gasteiger partial charge in [0.25, 0.3) is 5.88 Å². The van der Waals surface area contributed by atoms with Crippen molar-refractivity contribution in [2.45, 2.75) is 42.7 Å². The minimum Gasteiger partial charge on any atom is -0.387 e. The Hall–Kier alpha value is -2.99. The first-order valence-corrected chi connectivity index (χ1v) is 10.9. The summed E-state index contributed by atoms with van der Waals surface area (Å²) in [6.45, 7) is 0. The van der Waals surface area contributed by atoms with Gasteiger partial charge in [0.1, 0.15) is 11.5 Å². The van der Waals surface area contributed by atoms with Crippen LogP contribution in [0.4, 0.5) is 22.1 Å². The van der Waals surface area contributed by atoms with Crippen LogP contribution in [0.25, 0.3) is 0 Å². The molecule has 29 heavy (non-hydrogen) atoms. The first kappa shape index (κ1) is 20.7. The highest BCUT2D eigenvalue weighted by molar-refractivity contribution is 7.90. The van der Waals surface area contributed by atoms with Gasteiger partial charge in [-0.3, -0.25) is 0 Å².